The van der Waals surface area contributed by atoms with Crippen LogP contribution in [0.5, 0.6) is 5.75 Å². The van der Waals surface area contributed by atoms with Crippen molar-refractivity contribution in [2.75, 3.05) is 7.11 Å². The second-order valence-electron chi connectivity index (χ2n) is 5.23. The van der Waals surface area contributed by atoms with Crippen LogP contribution < -0.4 is 9.46 Å². The van der Waals surface area contributed by atoms with Gasteiger partial charge in [0.1, 0.15) is 0 Å². The number of non-ortho nitro benzene ring substituents is 2. The molecule has 2 aromatic carbocycles. The molecule has 0 atom stereocenters. The van der Waals surface area contributed by atoms with Gasteiger partial charge >= 0.3 is 158 Å². The predicted molar refractivity (Wildman–Crippen MR) is 94.5 cm³/mol. The van der Waals surface area contributed by atoms with Crippen LogP contribution in [0.4, 0.5) is 11.4 Å². The number of ether oxygens (including phenoxy) is 1. The van der Waals surface area contributed by atoms with Gasteiger partial charge in [-0.25, -0.2) is 0 Å². The summed E-state index contributed by atoms with van der Waals surface area (Å²) in [5.41, 5.74) is 0.595. The van der Waals surface area contributed by atoms with Crippen molar-refractivity contribution in [1.82, 2.24) is 20.2 Å². The van der Waals surface area contributed by atoms with Gasteiger partial charge in [-0.3, -0.25) is 0 Å². The zero-order valence-corrected chi connectivity index (χ0v) is 15.6. The van der Waals surface area contributed by atoms with Crippen LogP contribution in [0.1, 0.15) is 5.56 Å². The molecule has 3 rings (SSSR count). The summed E-state index contributed by atoms with van der Waals surface area (Å²) in [6.45, 7) is 0. The van der Waals surface area contributed by atoms with Crippen molar-refractivity contribution in [3.8, 4) is 11.4 Å². The van der Waals surface area contributed by atoms with Crippen LogP contribution in [0.15, 0.2) is 42.5 Å². The third kappa shape index (κ3) is 4.25. The van der Waals surface area contributed by atoms with Crippen molar-refractivity contribution in [2.45, 2.75) is 5.32 Å². The average Bonchev–Trinajstić information content (AvgIpc) is 3.14. The molecule has 0 aliphatic heterocycles. The van der Waals surface area contributed by atoms with Gasteiger partial charge in [0.2, 0.25) is 0 Å². The average molecular weight is 435 g/mol. The van der Waals surface area contributed by atoms with Gasteiger partial charge < -0.3 is 0 Å². The van der Waals surface area contributed by atoms with E-state index < -0.39 is 9.85 Å². The minimum atomic E-state index is -0.648. The van der Waals surface area contributed by atoms with Crippen LogP contribution in [-0.2, 0) is 5.32 Å². The Morgan fingerprint density at radius 2 is 1.70 bits per heavy atom. The van der Waals surface area contributed by atoms with Crippen molar-refractivity contribution in [1.29, 1.82) is 0 Å². The fourth-order valence-electron chi connectivity index (χ4n) is 2.25. The third-order valence-electron chi connectivity index (χ3n) is 3.51. The number of nitrogens with zero attached hydrogens (tertiary/aromatic N) is 6. The number of methoxy groups -OCH3 is 1. The number of nitro benzene ring substituents is 2. The molecule has 0 saturated heterocycles. The van der Waals surface area contributed by atoms with E-state index in [0.717, 1.165) is 11.8 Å². The van der Waals surface area contributed by atoms with Gasteiger partial charge in [-0.05, 0) is 0 Å². The fraction of sp³-hybridized carbons (Fsp3) is 0.133. The summed E-state index contributed by atoms with van der Waals surface area (Å²) in [6.07, 6.45) is 0. The summed E-state index contributed by atoms with van der Waals surface area (Å²) in [5, 5.41) is 34.0. The SMILES string of the molecule is COc1ccc(-n2nnnc2[Se]Cc2cc([N+](=O)[O-])cc([N+](=O)[O-])c2)cc1. The molecule has 0 aliphatic carbocycles. The molecule has 0 N–H and O–H groups in total. The van der Waals surface area contributed by atoms with E-state index >= 15 is 0 Å². The first-order valence-electron chi connectivity index (χ1n) is 7.46. The van der Waals surface area contributed by atoms with Gasteiger partial charge in [0.05, 0.1) is 0 Å². The summed E-state index contributed by atoms with van der Waals surface area (Å²) < 4.78 is 7.26. The van der Waals surface area contributed by atoms with E-state index in [1.807, 2.05) is 0 Å². The van der Waals surface area contributed by atoms with E-state index in [-0.39, 0.29) is 26.3 Å². The molecule has 0 saturated carbocycles. The van der Waals surface area contributed by atoms with E-state index in [2.05, 4.69) is 15.5 Å². The van der Waals surface area contributed by atoms with Gasteiger partial charge in [-0.2, -0.15) is 0 Å². The fourth-order valence-corrected chi connectivity index (χ4v) is 3.98. The molecule has 0 spiro atoms. The normalized spacial score (nSPS) is 10.6. The molecule has 11 nitrogen and oxygen atoms in total. The Morgan fingerprint density at radius 3 is 2.26 bits per heavy atom. The summed E-state index contributed by atoms with van der Waals surface area (Å²) in [6, 6.07) is 10.7. The van der Waals surface area contributed by atoms with Crippen LogP contribution in [0.3, 0.4) is 0 Å². The van der Waals surface area contributed by atoms with E-state index in [1.54, 1.807) is 36.1 Å². The Hall–Kier alpha value is -3.37. The van der Waals surface area contributed by atoms with E-state index in [4.69, 9.17) is 4.74 Å². The summed E-state index contributed by atoms with van der Waals surface area (Å²) in [5.74, 6) is 0.697. The predicted octanol–water partition coefficient (Wildman–Crippen LogP) is 1.02. The van der Waals surface area contributed by atoms with E-state index in [9.17, 15) is 20.2 Å². The molecule has 138 valence electrons. The monoisotopic (exact) mass is 436 g/mol. The van der Waals surface area contributed by atoms with Gasteiger partial charge in [0, 0.05) is 0 Å². The van der Waals surface area contributed by atoms with Gasteiger partial charge in [0.15, 0.2) is 0 Å². The third-order valence-corrected chi connectivity index (χ3v) is 5.59. The van der Waals surface area contributed by atoms with Crippen molar-refractivity contribution < 1.29 is 14.6 Å². The number of nitro groups is 2. The maximum atomic E-state index is 11.0. The van der Waals surface area contributed by atoms with E-state index in [1.165, 1.54) is 12.1 Å². The molecular weight excluding hydrogens is 423 g/mol. The van der Waals surface area contributed by atoms with Crippen LogP contribution in [0.25, 0.3) is 5.69 Å². The number of hydrogen-bond donors (Lipinski definition) is 0. The second-order valence-corrected chi connectivity index (χ2v) is 7.21. The second kappa shape index (κ2) is 7.89. The van der Waals surface area contributed by atoms with Crippen LogP contribution in [-0.4, -0.2) is 52.1 Å². The Balaban J connectivity index is 1.82. The molecule has 12 heteroatoms. The van der Waals surface area contributed by atoms with Crippen molar-refractivity contribution in [2.24, 2.45) is 0 Å². The number of benzene rings is 2. The minimum absolute atomic E-state index is 0.299. The quantitative estimate of drug-likeness (QED) is 0.304. The van der Waals surface area contributed by atoms with Gasteiger partial charge in [-0.15, -0.1) is 0 Å². The van der Waals surface area contributed by atoms with Gasteiger partial charge in [0.25, 0.3) is 0 Å². The molecular formula is C15H12N6O5Se. The Kier molecular flexibility index (Phi) is 5.38. The summed E-state index contributed by atoms with van der Waals surface area (Å²) in [7, 11) is 1.57. The van der Waals surface area contributed by atoms with Crippen molar-refractivity contribution in [3.63, 3.8) is 0 Å². The molecule has 0 amide bonds. The Morgan fingerprint density at radius 1 is 1.07 bits per heavy atom. The topological polar surface area (TPSA) is 139 Å². The standard InChI is InChI=1S/C15H12N6O5Se/c1-26-14-4-2-11(3-5-14)19-15(16-17-18-19)27-9-10-6-12(20(22)23)8-13(7-10)21(24)25/h2-8H,9H2,1H3. The zero-order valence-electron chi connectivity index (χ0n) is 13.9. The van der Waals surface area contributed by atoms with Crippen LogP contribution >= 0.6 is 0 Å². The summed E-state index contributed by atoms with van der Waals surface area (Å²) >= 11 is -0.299. The first-order chi connectivity index (χ1) is 13.0. The first-order valence-corrected chi connectivity index (χ1v) is 9.53. The number of aromatic nitrogens is 4. The molecule has 0 radical (unpaired) electrons. The molecule has 0 aliphatic rings. The van der Waals surface area contributed by atoms with Crippen LogP contribution in [0.2, 0.25) is 0 Å². The molecule has 1 aromatic heterocycles. The van der Waals surface area contributed by atoms with Crippen molar-refractivity contribution >= 4 is 31.1 Å². The van der Waals surface area contributed by atoms with Crippen LogP contribution in [0, 0.1) is 20.2 Å². The van der Waals surface area contributed by atoms with Crippen molar-refractivity contribution in [3.05, 3.63) is 68.3 Å². The zero-order chi connectivity index (χ0) is 19.4. The molecule has 27 heavy (non-hydrogen) atoms. The van der Waals surface area contributed by atoms with E-state index in [0.29, 0.717) is 21.4 Å². The Labute approximate surface area is 158 Å². The molecule has 0 unspecified atom stereocenters. The summed E-state index contributed by atoms with van der Waals surface area (Å²) in [4.78, 5) is 20.7. The first kappa shape index (κ1) is 18.4. The number of tetrazole rings is 1. The Bertz CT molecular complexity index is 958. The molecule has 0 fully saturated rings. The van der Waals surface area contributed by atoms with Gasteiger partial charge in [-0.1, -0.05) is 0 Å². The number of rotatable bonds is 7. The maximum absolute atomic E-state index is 11.0. The molecule has 3 aromatic rings. The molecule has 1 heterocycles. The molecule has 0 bridgehead atoms. The number of hydrogen-bond acceptors (Lipinski definition) is 8.